The van der Waals surface area contributed by atoms with Crippen molar-refractivity contribution in [1.82, 2.24) is 10.2 Å². The molecule has 0 aromatic heterocycles. The fourth-order valence-corrected chi connectivity index (χ4v) is 5.62. The Morgan fingerprint density at radius 1 is 1.05 bits per heavy atom. The highest BCUT2D eigenvalue weighted by atomic mass is 32.2. The van der Waals surface area contributed by atoms with E-state index in [0.29, 0.717) is 5.54 Å². The molecule has 0 aromatic rings. The van der Waals surface area contributed by atoms with E-state index >= 15 is 0 Å². The van der Waals surface area contributed by atoms with E-state index in [1.807, 2.05) is 0 Å². The smallest absolute Gasteiger partial charge is 0.0308 e. The van der Waals surface area contributed by atoms with Crippen molar-refractivity contribution in [2.24, 2.45) is 0 Å². The lowest BCUT2D eigenvalue weighted by molar-refractivity contribution is 0.131. The van der Waals surface area contributed by atoms with Gasteiger partial charge in [-0.1, -0.05) is 25.7 Å². The molecule has 1 heterocycles. The molecular formula is C16H30N2S. The molecule has 110 valence electrons. The Morgan fingerprint density at radius 3 is 2.63 bits per heavy atom. The average molecular weight is 282 g/mol. The minimum atomic E-state index is 0.483. The van der Waals surface area contributed by atoms with Gasteiger partial charge in [-0.3, -0.25) is 4.90 Å². The molecule has 19 heavy (non-hydrogen) atoms. The Hall–Kier alpha value is 0.270. The van der Waals surface area contributed by atoms with Gasteiger partial charge < -0.3 is 5.32 Å². The molecule has 2 unspecified atom stereocenters. The average Bonchev–Trinajstić information content (AvgIpc) is 2.80. The Bertz CT molecular complexity index is 288. The first-order valence-corrected chi connectivity index (χ1v) is 9.64. The van der Waals surface area contributed by atoms with E-state index in [0.717, 1.165) is 11.3 Å². The van der Waals surface area contributed by atoms with Gasteiger partial charge in [-0.25, -0.2) is 0 Å². The van der Waals surface area contributed by atoms with Crippen molar-refractivity contribution in [3.05, 3.63) is 0 Å². The third-order valence-electron chi connectivity index (χ3n) is 5.63. The van der Waals surface area contributed by atoms with E-state index in [4.69, 9.17) is 0 Å². The summed E-state index contributed by atoms with van der Waals surface area (Å²) in [5.74, 6) is 0. The van der Waals surface area contributed by atoms with Crippen molar-refractivity contribution in [2.75, 3.05) is 25.9 Å². The molecule has 2 nitrogen and oxygen atoms in total. The van der Waals surface area contributed by atoms with Gasteiger partial charge in [-0.15, -0.1) is 0 Å². The van der Waals surface area contributed by atoms with E-state index in [-0.39, 0.29) is 0 Å². The predicted molar refractivity (Wildman–Crippen MR) is 85.0 cm³/mol. The Kier molecular flexibility index (Phi) is 4.76. The van der Waals surface area contributed by atoms with Crippen LogP contribution in [0.2, 0.25) is 0 Å². The summed E-state index contributed by atoms with van der Waals surface area (Å²) in [6.45, 7) is 3.90. The normalized spacial score (nSPS) is 36.5. The van der Waals surface area contributed by atoms with Crippen molar-refractivity contribution in [1.29, 1.82) is 0 Å². The van der Waals surface area contributed by atoms with E-state index in [9.17, 15) is 0 Å². The van der Waals surface area contributed by atoms with E-state index < -0.39 is 0 Å². The van der Waals surface area contributed by atoms with Crippen LogP contribution in [0.5, 0.6) is 0 Å². The highest BCUT2D eigenvalue weighted by Crippen LogP contribution is 2.36. The van der Waals surface area contributed by atoms with Crippen LogP contribution in [-0.4, -0.2) is 47.6 Å². The third-order valence-corrected chi connectivity index (χ3v) is 6.78. The van der Waals surface area contributed by atoms with E-state index in [1.165, 1.54) is 77.4 Å². The maximum atomic E-state index is 3.91. The highest BCUT2D eigenvalue weighted by molar-refractivity contribution is 7.99. The molecule has 3 fully saturated rings. The summed E-state index contributed by atoms with van der Waals surface area (Å²) in [7, 11) is 0. The molecule has 1 saturated heterocycles. The SMILES string of the molecule is CSC1CCCCC1N1CCCNC2(CCCC2)C1. The minimum Gasteiger partial charge on any atom is -0.310 e. The lowest BCUT2D eigenvalue weighted by Gasteiger charge is -2.42. The Labute approximate surface area is 123 Å². The molecule has 2 aliphatic carbocycles. The summed E-state index contributed by atoms with van der Waals surface area (Å²) in [6, 6.07) is 0.862. The molecular weight excluding hydrogens is 252 g/mol. The third kappa shape index (κ3) is 3.14. The second kappa shape index (κ2) is 6.36. The molecule has 1 aliphatic heterocycles. The first-order chi connectivity index (χ1) is 9.33. The molecule has 0 amide bonds. The van der Waals surface area contributed by atoms with Gasteiger partial charge in [0.1, 0.15) is 0 Å². The number of rotatable bonds is 2. The lowest BCUT2D eigenvalue weighted by atomic mass is 9.91. The van der Waals surface area contributed by atoms with Crippen LogP contribution in [0.15, 0.2) is 0 Å². The number of nitrogens with zero attached hydrogens (tertiary/aromatic N) is 1. The van der Waals surface area contributed by atoms with E-state index in [1.54, 1.807) is 0 Å². The monoisotopic (exact) mass is 282 g/mol. The zero-order chi connectivity index (χ0) is 13.1. The number of thioether (sulfide) groups is 1. The molecule has 2 atom stereocenters. The largest absolute Gasteiger partial charge is 0.310 e. The molecule has 1 N–H and O–H groups in total. The molecule has 1 spiro atoms. The summed E-state index contributed by atoms with van der Waals surface area (Å²) in [5, 5.41) is 4.80. The first kappa shape index (κ1) is 14.2. The minimum absolute atomic E-state index is 0.483. The standard InChI is InChI=1S/C16H30N2S/c1-19-15-8-3-2-7-14(15)18-12-6-11-17-16(13-18)9-4-5-10-16/h14-15,17H,2-13H2,1H3. The second-order valence-corrected chi connectivity index (χ2v) is 7.94. The van der Waals surface area contributed by atoms with Gasteiger partial charge in [0.25, 0.3) is 0 Å². The topological polar surface area (TPSA) is 15.3 Å². The van der Waals surface area contributed by atoms with Crippen molar-refractivity contribution < 1.29 is 0 Å². The fraction of sp³-hybridized carbons (Fsp3) is 1.00. The van der Waals surface area contributed by atoms with Gasteiger partial charge in [0, 0.05) is 23.4 Å². The predicted octanol–water partition coefficient (Wildman–Crippen LogP) is 3.27. The van der Waals surface area contributed by atoms with Crippen LogP contribution in [-0.2, 0) is 0 Å². The van der Waals surface area contributed by atoms with Crippen LogP contribution in [0.25, 0.3) is 0 Å². The van der Waals surface area contributed by atoms with Gasteiger partial charge in [-0.2, -0.15) is 11.8 Å². The van der Waals surface area contributed by atoms with E-state index in [2.05, 4.69) is 28.2 Å². The molecule has 3 aliphatic rings. The van der Waals surface area contributed by atoms with Gasteiger partial charge in [0.2, 0.25) is 0 Å². The molecule has 0 bridgehead atoms. The summed E-state index contributed by atoms with van der Waals surface area (Å²) in [6.07, 6.45) is 15.2. The highest BCUT2D eigenvalue weighted by Gasteiger charge is 2.39. The van der Waals surface area contributed by atoms with Crippen molar-refractivity contribution in [2.45, 2.75) is 74.6 Å². The van der Waals surface area contributed by atoms with Crippen LogP contribution in [0.3, 0.4) is 0 Å². The first-order valence-electron chi connectivity index (χ1n) is 8.35. The quantitative estimate of drug-likeness (QED) is 0.837. The fourth-order valence-electron chi connectivity index (χ4n) is 4.60. The summed E-state index contributed by atoms with van der Waals surface area (Å²) < 4.78 is 0. The van der Waals surface area contributed by atoms with Crippen molar-refractivity contribution in [3.63, 3.8) is 0 Å². The Morgan fingerprint density at radius 2 is 1.84 bits per heavy atom. The summed E-state index contributed by atoms with van der Waals surface area (Å²) in [5.41, 5.74) is 0.483. The number of hydrogen-bond donors (Lipinski definition) is 1. The molecule has 3 rings (SSSR count). The van der Waals surface area contributed by atoms with Gasteiger partial charge in [0.15, 0.2) is 0 Å². The zero-order valence-corrected chi connectivity index (χ0v) is 13.3. The lowest BCUT2D eigenvalue weighted by Crippen LogP contribution is -2.54. The summed E-state index contributed by atoms with van der Waals surface area (Å²) >= 11 is 2.12. The second-order valence-electron chi connectivity index (χ2n) is 6.86. The van der Waals surface area contributed by atoms with Crippen molar-refractivity contribution >= 4 is 11.8 Å². The zero-order valence-electron chi connectivity index (χ0n) is 12.5. The number of hydrogen-bond acceptors (Lipinski definition) is 3. The van der Waals surface area contributed by atoms with Gasteiger partial charge >= 0.3 is 0 Å². The molecule has 2 saturated carbocycles. The van der Waals surface area contributed by atoms with Crippen LogP contribution in [0, 0.1) is 0 Å². The van der Waals surface area contributed by atoms with Crippen LogP contribution in [0.4, 0.5) is 0 Å². The summed E-state index contributed by atoms with van der Waals surface area (Å²) in [4.78, 5) is 2.88. The maximum absolute atomic E-state index is 3.91. The number of nitrogens with one attached hydrogen (secondary N) is 1. The van der Waals surface area contributed by atoms with Crippen LogP contribution < -0.4 is 5.32 Å². The van der Waals surface area contributed by atoms with Gasteiger partial charge in [-0.05, 0) is 51.4 Å². The van der Waals surface area contributed by atoms with Crippen LogP contribution >= 0.6 is 11.8 Å². The molecule has 0 radical (unpaired) electrons. The van der Waals surface area contributed by atoms with Crippen molar-refractivity contribution in [3.8, 4) is 0 Å². The van der Waals surface area contributed by atoms with Gasteiger partial charge in [0.05, 0.1) is 0 Å². The molecule has 0 aromatic carbocycles. The maximum Gasteiger partial charge on any atom is 0.0308 e. The Balaban J connectivity index is 1.70. The molecule has 3 heteroatoms. The van der Waals surface area contributed by atoms with Crippen LogP contribution in [0.1, 0.15) is 57.8 Å².